The molecule has 0 atom stereocenters. The van der Waals surface area contributed by atoms with Crippen molar-refractivity contribution in [3.05, 3.63) is 33.8 Å². The monoisotopic (exact) mass is 195 g/mol. The number of hydrogen-bond donors (Lipinski definition) is 1. The van der Waals surface area contributed by atoms with Gasteiger partial charge in [-0.25, -0.2) is 15.1 Å². The highest BCUT2D eigenvalue weighted by molar-refractivity contribution is 7.16. The molecule has 0 aliphatic heterocycles. The first-order valence-corrected chi connectivity index (χ1v) is 4.38. The molecule has 0 fully saturated rings. The molecule has 2 aromatic rings. The number of benzene rings is 1. The Kier molecular flexibility index (Phi) is 1.82. The predicted octanol–water partition coefficient (Wildman–Crippen LogP) is 1.90. The van der Waals surface area contributed by atoms with Crippen LogP contribution in [-0.4, -0.2) is 10.0 Å². The van der Waals surface area contributed by atoms with Gasteiger partial charge in [0.1, 0.15) is 5.69 Å². The summed E-state index contributed by atoms with van der Waals surface area (Å²) in [7, 11) is 0. The van der Waals surface area contributed by atoms with Crippen LogP contribution < -0.4 is 5.43 Å². The highest BCUT2D eigenvalue weighted by atomic mass is 32.1. The minimum Gasteiger partial charge on any atom is -0.245 e. The van der Waals surface area contributed by atoms with Gasteiger partial charge in [0.2, 0.25) is 0 Å². The Bertz CT molecular complexity index is 454. The molecular formula is C7H5N3O2S. The fourth-order valence-corrected chi connectivity index (χ4v) is 1.75. The van der Waals surface area contributed by atoms with Gasteiger partial charge < -0.3 is 0 Å². The minimum absolute atomic E-state index is 0.474. The first-order valence-electron chi connectivity index (χ1n) is 3.50. The van der Waals surface area contributed by atoms with Crippen LogP contribution in [0.5, 0.6) is 0 Å². The van der Waals surface area contributed by atoms with Crippen molar-refractivity contribution in [2.45, 2.75) is 0 Å². The molecule has 66 valence electrons. The largest absolute Gasteiger partial charge is 0.245 e. The lowest BCUT2D eigenvalue weighted by molar-refractivity contribution is -0.445. The maximum atomic E-state index is 10.1. The molecule has 0 amide bonds. The van der Waals surface area contributed by atoms with Crippen LogP contribution in [0.4, 0.5) is 5.69 Å². The van der Waals surface area contributed by atoms with Crippen LogP contribution in [0.3, 0.4) is 0 Å². The Morgan fingerprint density at radius 2 is 2.38 bits per heavy atom. The van der Waals surface area contributed by atoms with Crippen LogP contribution >= 0.6 is 11.3 Å². The lowest BCUT2D eigenvalue weighted by atomic mass is 10.3. The van der Waals surface area contributed by atoms with E-state index in [1.54, 1.807) is 23.7 Å². The van der Waals surface area contributed by atoms with Gasteiger partial charge in [0.25, 0.3) is 0 Å². The van der Waals surface area contributed by atoms with Crippen LogP contribution in [0.25, 0.3) is 10.2 Å². The summed E-state index contributed by atoms with van der Waals surface area (Å²) >= 11 is 1.45. The van der Waals surface area contributed by atoms with Crippen molar-refractivity contribution in [2.75, 3.05) is 5.43 Å². The maximum absolute atomic E-state index is 10.1. The molecule has 13 heavy (non-hydrogen) atoms. The third-order valence-corrected chi connectivity index (χ3v) is 2.34. The lowest BCUT2D eigenvalue weighted by Crippen LogP contribution is -2.07. The predicted molar refractivity (Wildman–Crippen MR) is 50.2 cm³/mol. The van der Waals surface area contributed by atoms with Gasteiger partial charge in [-0.1, -0.05) is 0 Å². The standard InChI is InChI=1S/C7H5N3O2S/c11-10(12)9-5-1-2-6-7(3-5)13-4-8-6/h1-4,9H. The molecule has 0 bridgehead atoms. The minimum atomic E-state index is -0.581. The molecule has 0 aliphatic rings. The van der Waals surface area contributed by atoms with Crippen molar-refractivity contribution in [1.82, 2.24) is 4.98 Å². The van der Waals surface area contributed by atoms with Gasteiger partial charge in [0.15, 0.2) is 5.03 Å². The topological polar surface area (TPSA) is 68.1 Å². The molecule has 0 spiro atoms. The fourth-order valence-electron chi connectivity index (χ4n) is 1.03. The Balaban J connectivity index is 2.42. The summed E-state index contributed by atoms with van der Waals surface area (Å²) < 4.78 is 0.937. The molecule has 1 heterocycles. The summed E-state index contributed by atoms with van der Waals surface area (Å²) in [6.07, 6.45) is 0. The summed E-state index contributed by atoms with van der Waals surface area (Å²) in [4.78, 5) is 14.2. The summed E-state index contributed by atoms with van der Waals surface area (Å²) in [5.41, 5.74) is 5.13. The maximum Gasteiger partial charge on any atom is 0.162 e. The zero-order valence-electron chi connectivity index (χ0n) is 6.43. The van der Waals surface area contributed by atoms with Crippen molar-refractivity contribution in [1.29, 1.82) is 0 Å². The van der Waals surface area contributed by atoms with Crippen molar-refractivity contribution in [3.8, 4) is 0 Å². The van der Waals surface area contributed by atoms with Gasteiger partial charge in [0.05, 0.1) is 15.7 Å². The highest BCUT2D eigenvalue weighted by Crippen LogP contribution is 2.21. The number of aromatic nitrogens is 1. The van der Waals surface area contributed by atoms with Crippen LogP contribution in [0, 0.1) is 10.1 Å². The smallest absolute Gasteiger partial charge is 0.162 e. The van der Waals surface area contributed by atoms with E-state index in [9.17, 15) is 10.1 Å². The number of fused-ring (bicyclic) bond motifs is 1. The number of anilines is 1. The molecule has 0 saturated heterocycles. The highest BCUT2D eigenvalue weighted by Gasteiger charge is 2.01. The first kappa shape index (κ1) is 7.93. The summed E-state index contributed by atoms with van der Waals surface area (Å²) in [5, 5.41) is 9.54. The molecule has 2 rings (SSSR count). The summed E-state index contributed by atoms with van der Waals surface area (Å²) in [5.74, 6) is 0. The van der Waals surface area contributed by atoms with E-state index >= 15 is 0 Å². The number of thiazole rings is 1. The van der Waals surface area contributed by atoms with Gasteiger partial charge in [-0.2, -0.15) is 0 Å². The molecule has 1 aromatic heterocycles. The summed E-state index contributed by atoms with van der Waals surface area (Å²) in [6.45, 7) is 0. The van der Waals surface area contributed by atoms with Crippen LogP contribution in [0.1, 0.15) is 0 Å². The van der Waals surface area contributed by atoms with Crippen molar-refractivity contribution < 1.29 is 5.03 Å². The Morgan fingerprint density at radius 1 is 1.54 bits per heavy atom. The Hall–Kier alpha value is -1.69. The van der Waals surface area contributed by atoms with Gasteiger partial charge in [-0.3, -0.25) is 0 Å². The van der Waals surface area contributed by atoms with E-state index in [1.165, 1.54) is 11.3 Å². The van der Waals surface area contributed by atoms with Gasteiger partial charge in [0, 0.05) is 0 Å². The second-order valence-corrected chi connectivity index (χ2v) is 3.29. The Labute approximate surface area is 77.1 Å². The second-order valence-electron chi connectivity index (χ2n) is 2.40. The lowest BCUT2D eigenvalue weighted by Gasteiger charge is -1.95. The average molecular weight is 195 g/mol. The number of nitro groups is 1. The van der Waals surface area contributed by atoms with Gasteiger partial charge >= 0.3 is 0 Å². The van der Waals surface area contributed by atoms with Crippen molar-refractivity contribution in [3.63, 3.8) is 0 Å². The molecule has 1 N–H and O–H groups in total. The molecular weight excluding hydrogens is 190 g/mol. The zero-order chi connectivity index (χ0) is 9.26. The van der Waals surface area contributed by atoms with Crippen LogP contribution in [-0.2, 0) is 0 Å². The molecule has 0 unspecified atom stereocenters. The molecule has 5 nitrogen and oxygen atoms in total. The zero-order valence-corrected chi connectivity index (χ0v) is 7.25. The normalized spacial score (nSPS) is 10.2. The average Bonchev–Trinajstić information content (AvgIpc) is 2.49. The van der Waals surface area contributed by atoms with Crippen molar-refractivity contribution in [2.24, 2.45) is 0 Å². The first-order chi connectivity index (χ1) is 6.25. The number of nitrogens with zero attached hydrogens (tertiary/aromatic N) is 2. The van der Waals surface area contributed by atoms with Gasteiger partial charge in [-0.15, -0.1) is 16.8 Å². The quantitative estimate of drug-likeness (QED) is 0.587. The SMILES string of the molecule is O=[N+]([O-])Nc1ccc2ncsc2c1. The number of rotatable bonds is 2. The van der Waals surface area contributed by atoms with E-state index in [0.29, 0.717) is 5.69 Å². The molecule has 0 aliphatic carbocycles. The number of hydrogen-bond acceptors (Lipinski definition) is 4. The van der Waals surface area contributed by atoms with Crippen LogP contribution in [0.15, 0.2) is 23.7 Å². The van der Waals surface area contributed by atoms with E-state index < -0.39 is 5.03 Å². The molecule has 0 radical (unpaired) electrons. The number of nitrogens with one attached hydrogen (secondary N) is 1. The van der Waals surface area contributed by atoms with E-state index in [-0.39, 0.29) is 0 Å². The number of hydrazine groups is 1. The van der Waals surface area contributed by atoms with E-state index in [1.807, 2.05) is 0 Å². The summed E-state index contributed by atoms with van der Waals surface area (Å²) in [6, 6.07) is 5.08. The van der Waals surface area contributed by atoms with Gasteiger partial charge in [-0.05, 0) is 18.2 Å². The van der Waals surface area contributed by atoms with E-state index in [2.05, 4.69) is 10.4 Å². The van der Waals surface area contributed by atoms with E-state index in [4.69, 9.17) is 0 Å². The van der Waals surface area contributed by atoms with Crippen molar-refractivity contribution >= 4 is 27.2 Å². The molecule has 0 saturated carbocycles. The second kappa shape index (κ2) is 2.98. The molecule has 6 heteroatoms. The fraction of sp³-hybridized carbons (Fsp3) is 0. The Morgan fingerprint density at radius 3 is 3.15 bits per heavy atom. The van der Waals surface area contributed by atoms with E-state index in [0.717, 1.165) is 10.2 Å². The third-order valence-electron chi connectivity index (χ3n) is 1.55. The third kappa shape index (κ3) is 1.57. The molecule has 1 aromatic carbocycles. The van der Waals surface area contributed by atoms with Crippen LogP contribution in [0.2, 0.25) is 0 Å².